The number of benzene rings is 1. The van der Waals surface area contributed by atoms with E-state index in [1.54, 1.807) is 6.20 Å². The summed E-state index contributed by atoms with van der Waals surface area (Å²) in [5.74, 6) is 0.938. The first-order chi connectivity index (χ1) is 12.3. The Morgan fingerprint density at radius 2 is 2.08 bits per heavy atom. The summed E-state index contributed by atoms with van der Waals surface area (Å²) in [6, 6.07) is 8.46. The molecule has 3 aromatic rings. The van der Waals surface area contributed by atoms with Crippen molar-refractivity contribution >= 4 is 39.2 Å². The first-order valence-electron chi connectivity index (χ1n) is 8.50. The number of fused-ring (bicyclic) bond motifs is 3. The molecule has 1 N–H and O–H groups in total. The molecule has 4 heterocycles. The Balaban J connectivity index is 1.42. The van der Waals surface area contributed by atoms with Crippen molar-refractivity contribution in [2.75, 3.05) is 10.2 Å². The average Bonchev–Trinajstić information content (AvgIpc) is 3.37. The topological polar surface area (TPSA) is 71.0 Å². The summed E-state index contributed by atoms with van der Waals surface area (Å²) in [5.41, 5.74) is 1.80. The normalized spacial score (nSPS) is 24.8. The van der Waals surface area contributed by atoms with E-state index in [9.17, 15) is 4.79 Å². The molecule has 0 saturated carbocycles. The number of hydrogen-bond acceptors (Lipinski definition) is 6. The maximum atomic E-state index is 12.7. The van der Waals surface area contributed by atoms with Crippen LogP contribution in [0.4, 0.5) is 10.9 Å². The highest BCUT2D eigenvalue weighted by Crippen LogP contribution is 2.44. The van der Waals surface area contributed by atoms with Crippen molar-refractivity contribution in [3.63, 3.8) is 0 Å². The van der Waals surface area contributed by atoms with Crippen molar-refractivity contribution in [3.8, 4) is 0 Å². The monoisotopic (exact) mass is 351 g/mol. The van der Waals surface area contributed by atoms with Crippen molar-refractivity contribution in [3.05, 3.63) is 42.0 Å². The number of thiazole rings is 1. The van der Waals surface area contributed by atoms with Crippen LogP contribution in [-0.2, 0) is 4.79 Å². The Kier molecular flexibility index (Phi) is 3.41. The van der Waals surface area contributed by atoms with E-state index in [1.807, 2.05) is 35.8 Å². The van der Waals surface area contributed by atoms with Crippen molar-refractivity contribution in [1.82, 2.24) is 15.0 Å². The van der Waals surface area contributed by atoms with Crippen LogP contribution in [0.15, 0.2) is 42.0 Å². The number of rotatable bonds is 3. The van der Waals surface area contributed by atoms with E-state index in [0.717, 1.165) is 36.1 Å². The maximum Gasteiger partial charge on any atom is 0.231 e. The van der Waals surface area contributed by atoms with Crippen LogP contribution in [0.25, 0.3) is 11.0 Å². The van der Waals surface area contributed by atoms with E-state index in [2.05, 4.69) is 20.2 Å². The molecule has 2 fully saturated rings. The van der Waals surface area contributed by atoms with Crippen LogP contribution < -0.4 is 10.2 Å². The third kappa shape index (κ3) is 2.46. The smallest absolute Gasteiger partial charge is 0.231 e. The molecule has 0 radical (unpaired) electrons. The highest BCUT2D eigenvalue weighted by Gasteiger charge is 2.49. The summed E-state index contributed by atoms with van der Waals surface area (Å²) < 4.78 is 0. The van der Waals surface area contributed by atoms with Crippen LogP contribution in [0.5, 0.6) is 0 Å². The van der Waals surface area contributed by atoms with Gasteiger partial charge in [0.2, 0.25) is 5.91 Å². The molecule has 2 aromatic heterocycles. The number of para-hydroxylation sites is 2. The Morgan fingerprint density at radius 3 is 2.92 bits per heavy atom. The standard InChI is InChI=1S/C18H17N5OS/c24-17(22-18-19-7-8-25-18)12-9-11-5-6-15(12)23(11)16-10-20-13-3-1-2-4-14(13)21-16/h1-4,7-8,10-12,15H,5-6,9H2,(H,19,22,24)/t11-,12-,15-/m1/s1. The lowest BCUT2D eigenvalue weighted by atomic mass is 9.88. The van der Waals surface area contributed by atoms with Crippen LogP contribution in [-0.4, -0.2) is 32.9 Å². The molecule has 2 aliphatic heterocycles. The van der Waals surface area contributed by atoms with Crippen LogP contribution in [0, 0.1) is 5.92 Å². The summed E-state index contributed by atoms with van der Waals surface area (Å²) in [6.45, 7) is 0. The minimum absolute atomic E-state index is 0.0177. The molecule has 6 nitrogen and oxygen atoms in total. The summed E-state index contributed by atoms with van der Waals surface area (Å²) >= 11 is 1.45. The lowest BCUT2D eigenvalue weighted by Gasteiger charge is -2.24. The zero-order valence-corrected chi connectivity index (χ0v) is 14.3. The molecular formula is C18H17N5OS. The SMILES string of the molecule is O=C(Nc1nccs1)[C@@H]1C[C@H]2CC[C@H]1N2c1cnc2ccccc2n1. The molecule has 2 bridgehead atoms. The summed E-state index contributed by atoms with van der Waals surface area (Å²) in [7, 11) is 0. The molecule has 126 valence electrons. The van der Waals surface area contributed by atoms with Gasteiger partial charge in [0, 0.05) is 23.7 Å². The van der Waals surface area contributed by atoms with Crippen molar-refractivity contribution in [2.45, 2.75) is 31.3 Å². The van der Waals surface area contributed by atoms with E-state index < -0.39 is 0 Å². The molecule has 1 amide bonds. The zero-order chi connectivity index (χ0) is 16.8. The van der Waals surface area contributed by atoms with Gasteiger partial charge in [-0.2, -0.15) is 0 Å². The predicted molar refractivity (Wildman–Crippen MR) is 97.7 cm³/mol. The summed E-state index contributed by atoms with van der Waals surface area (Å²) in [4.78, 5) is 28.5. The fraction of sp³-hybridized carbons (Fsp3) is 0.333. The van der Waals surface area contributed by atoms with Gasteiger partial charge in [-0.05, 0) is 31.4 Å². The largest absolute Gasteiger partial charge is 0.349 e. The first kappa shape index (κ1) is 14.8. The third-order valence-electron chi connectivity index (χ3n) is 5.24. The van der Waals surface area contributed by atoms with Gasteiger partial charge < -0.3 is 10.2 Å². The van der Waals surface area contributed by atoms with Gasteiger partial charge in [0.25, 0.3) is 0 Å². The van der Waals surface area contributed by atoms with Crippen LogP contribution in [0.1, 0.15) is 19.3 Å². The first-order valence-corrected chi connectivity index (χ1v) is 9.38. The predicted octanol–water partition coefficient (Wildman–Crippen LogP) is 3.08. The molecule has 3 atom stereocenters. The van der Waals surface area contributed by atoms with Gasteiger partial charge in [-0.3, -0.25) is 9.78 Å². The number of hydrogen-bond donors (Lipinski definition) is 1. The molecule has 0 spiro atoms. The molecule has 5 rings (SSSR count). The average molecular weight is 351 g/mol. The van der Waals surface area contributed by atoms with E-state index in [0.29, 0.717) is 11.2 Å². The van der Waals surface area contributed by atoms with Crippen LogP contribution in [0.3, 0.4) is 0 Å². The fourth-order valence-electron chi connectivity index (χ4n) is 4.18. The Morgan fingerprint density at radius 1 is 1.20 bits per heavy atom. The number of nitrogens with one attached hydrogen (secondary N) is 1. The molecule has 2 aliphatic rings. The van der Waals surface area contributed by atoms with Gasteiger partial charge in [0.15, 0.2) is 5.13 Å². The number of amides is 1. The van der Waals surface area contributed by atoms with Crippen LogP contribution in [0.2, 0.25) is 0 Å². The van der Waals surface area contributed by atoms with Gasteiger partial charge in [-0.25, -0.2) is 9.97 Å². The second-order valence-corrected chi connectivity index (χ2v) is 7.49. The highest BCUT2D eigenvalue weighted by atomic mass is 32.1. The number of aromatic nitrogens is 3. The fourth-order valence-corrected chi connectivity index (χ4v) is 4.71. The van der Waals surface area contributed by atoms with Gasteiger partial charge in [-0.15, -0.1) is 11.3 Å². The van der Waals surface area contributed by atoms with Gasteiger partial charge >= 0.3 is 0 Å². The van der Waals surface area contributed by atoms with Crippen molar-refractivity contribution < 1.29 is 4.79 Å². The van der Waals surface area contributed by atoms with E-state index in [4.69, 9.17) is 4.98 Å². The number of anilines is 2. The minimum atomic E-state index is -0.0177. The zero-order valence-electron chi connectivity index (χ0n) is 13.5. The van der Waals surface area contributed by atoms with Gasteiger partial charge in [-0.1, -0.05) is 12.1 Å². The Bertz CT molecular complexity index is 928. The lowest BCUT2D eigenvalue weighted by Crippen LogP contribution is -2.35. The third-order valence-corrected chi connectivity index (χ3v) is 5.92. The van der Waals surface area contributed by atoms with Crippen LogP contribution >= 0.6 is 11.3 Å². The summed E-state index contributed by atoms with van der Waals surface area (Å²) in [6.07, 6.45) is 6.55. The maximum absolute atomic E-state index is 12.7. The summed E-state index contributed by atoms with van der Waals surface area (Å²) in [5, 5.41) is 5.50. The molecule has 0 aliphatic carbocycles. The van der Waals surface area contributed by atoms with Crippen molar-refractivity contribution in [2.24, 2.45) is 5.92 Å². The molecular weight excluding hydrogens is 334 g/mol. The molecule has 25 heavy (non-hydrogen) atoms. The van der Waals surface area contributed by atoms with Crippen molar-refractivity contribution in [1.29, 1.82) is 0 Å². The molecule has 0 unspecified atom stereocenters. The van der Waals surface area contributed by atoms with E-state index in [-0.39, 0.29) is 17.9 Å². The second kappa shape index (κ2) is 5.77. The second-order valence-electron chi connectivity index (χ2n) is 6.59. The molecule has 2 saturated heterocycles. The Labute approximate surface area is 148 Å². The number of carbonyl (C=O) groups is 1. The number of carbonyl (C=O) groups excluding carboxylic acids is 1. The Hall–Kier alpha value is -2.54. The minimum Gasteiger partial charge on any atom is -0.349 e. The molecule has 1 aromatic carbocycles. The van der Waals surface area contributed by atoms with E-state index in [1.165, 1.54) is 11.3 Å². The quantitative estimate of drug-likeness (QED) is 0.785. The van der Waals surface area contributed by atoms with E-state index >= 15 is 0 Å². The van der Waals surface area contributed by atoms with Gasteiger partial charge in [0.05, 0.1) is 23.1 Å². The molecule has 7 heteroatoms. The lowest BCUT2D eigenvalue weighted by molar-refractivity contribution is -0.120. The highest BCUT2D eigenvalue weighted by molar-refractivity contribution is 7.13. The number of nitrogens with zero attached hydrogens (tertiary/aromatic N) is 4. The van der Waals surface area contributed by atoms with Gasteiger partial charge in [0.1, 0.15) is 5.82 Å².